The van der Waals surface area contributed by atoms with E-state index in [4.69, 9.17) is 5.73 Å². The molecular formula is C33H25BrFN3. The SMILES string of the molecule is Nc1n[nH]c2cc(Br)c(Cc3cccc(F)c3)c(C(c3ccccc3)(c3ccccc3)c3ccccc3)c12. The number of nitrogen functional groups attached to an aromatic ring is 1. The first-order chi connectivity index (χ1) is 18.6. The maximum absolute atomic E-state index is 14.3. The van der Waals surface area contributed by atoms with Crippen LogP contribution in [0.15, 0.2) is 126 Å². The van der Waals surface area contributed by atoms with Crippen molar-refractivity contribution in [3.8, 4) is 0 Å². The Kier molecular flexibility index (Phi) is 6.30. The van der Waals surface area contributed by atoms with Crippen LogP contribution < -0.4 is 5.73 Å². The molecule has 0 saturated carbocycles. The van der Waals surface area contributed by atoms with Gasteiger partial charge < -0.3 is 5.73 Å². The Morgan fingerprint density at radius 2 is 1.29 bits per heavy atom. The molecule has 1 aromatic heterocycles. The lowest BCUT2D eigenvalue weighted by atomic mass is 9.62. The average Bonchev–Trinajstić information content (AvgIpc) is 3.32. The van der Waals surface area contributed by atoms with E-state index in [0.29, 0.717) is 12.2 Å². The first-order valence-electron chi connectivity index (χ1n) is 12.5. The number of benzene rings is 5. The van der Waals surface area contributed by atoms with Crippen molar-refractivity contribution in [3.05, 3.63) is 165 Å². The summed E-state index contributed by atoms with van der Waals surface area (Å²) in [6.07, 6.45) is 0.502. The minimum Gasteiger partial charge on any atom is -0.382 e. The first-order valence-corrected chi connectivity index (χ1v) is 13.2. The second kappa shape index (κ2) is 9.92. The van der Waals surface area contributed by atoms with Crippen LogP contribution in [-0.2, 0) is 11.8 Å². The number of halogens is 2. The molecule has 0 aliphatic carbocycles. The summed E-state index contributed by atoms with van der Waals surface area (Å²) in [7, 11) is 0. The third kappa shape index (κ3) is 4.00. The van der Waals surface area contributed by atoms with E-state index in [-0.39, 0.29) is 5.82 Å². The molecule has 1 heterocycles. The molecule has 6 aromatic rings. The van der Waals surface area contributed by atoms with Crippen molar-refractivity contribution in [1.29, 1.82) is 0 Å². The Balaban J connectivity index is 1.83. The first kappa shape index (κ1) is 24.1. The van der Waals surface area contributed by atoms with Crippen LogP contribution in [0.5, 0.6) is 0 Å². The zero-order chi connectivity index (χ0) is 26.1. The standard InChI is InChI=1S/C33H25BrFN3/c34-28-21-29-30(32(36)38-37-29)31(27(28)20-22-11-10-18-26(35)19-22)33(23-12-4-1-5-13-23,24-14-6-2-7-15-24)25-16-8-3-9-17-25/h1-19,21H,20H2,(H3,36,37,38). The van der Waals surface area contributed by atoms with Crippen LogP contribution in [-0.4, -0.2) is 10.2 Å². The number of aromatic amines is 1. The summed E-state index contributed by atoms with van der Waals surface area (Å²) < 4.78 is 15.2. The average molecular weight is 562 g/mol. The fraction of sp³-hybridized carbons (Fsp3) is 0.0606. The lowest BCUT2D eigenvalue weighted by Gasteiger charge is -2.39. The summed E-state index contributed by atoms with van der Waals surface area (Å²) >= 11 is 3.88. The summed E-state index contributed by atoms with van der Waals surface area (Å²) in [5.41, 5.74) is 12.9. The highest BCUT2D eigenvalue weighted by atomic mass is 79.9. The highest BCUT2D eigenvalue weighted by molar-refractivity contribution is 9.10. The number of fused-ring (bicyclic) bond motifs is 1. The summed E-state index contributed by atoms with van der Waals surface area (Å²) in [4.78, 5) is 0. The van der Waals surface area contributed by atoms with Crippen molar-refractivity contribution in [2.45, 2.75) is 11.8 Å². The molecule has 6 rings (SSSR count). The highest BCUT2D eigenvalue weighted by Gasteiger charge is 2.42. The Labute approximate surface area is 229 Å². The van der Waals surface area contributed by atoms with Crippen LogP contribution >= 0.6 is 15.9 Å². The summed E-state index contributed by atoms with van der Waals surface area (Å²) in [6.45, 7) is 0. The van der Waals surface area contributed by atoms with Gasteiger partial charge in [-0.2, -0.15) is 5.10 Å². The predicted octanol–water partition coefficient (Wildman–Crippen LogP) is 8.02. The van der Waals surface area contributed by atoms with Gasteiger partial charge in [0.05, 0.1) is 10.9 Å². The summed E-state index contributed by atoms with van der Waals surface area (Å²) in [5.74, 6) is 0.166. The number of nitrogens with two attached hydrogens (primary N) is 1. The van der Waals surface area contributed by atoms with Crippen LogP contribution in [0.25, 0.3) is 10.9 Å². The molecular weight excluding hydrogens is 537 g/mol. The molecule has 3 nitrogen and oxygen atoms in total. The number of H-pyrrole nitrogens is 1. The minimum absolute atomic E-state index is 0.260. The molecule has 0 bridgehead atoms. The molecule has 0 unspecified atom stereocenters. The topological polar surface area (TPSA) is 54.7 Å². The maximum Gasteiger partial charge on any atom is 0.153 e. The van der Waals surface area contributed by atoms with Gasteiger partial charge in [-0.25, -0.2) is 4.39 Å². The molecule has 0 spiro atoms. The largest absolute Gasteiger partial charge is 0.382 e. The molecule has 0 aliphatic rings. The van der Waals surface area contributed by atoms with Gasteiger partial charge in [0.1, 0.15) is 5.82 Å². The van der Waals surface area contributed by atoms with Crippen LogP contribution in [0.1, 0.15) is 33.4 Å². The van der Waals surface area contributed by atoms with E-state index in [9.17, 15) is 4.39 Å². The zero-order valence-electron chi connectivity index (χ0n) is 20.5. The molecule has 38 heavy (non-hydrogen) atoms. The zero-order valence-corrected chi connectivity index (χ0v) is 22.1. The monoisotopic (exact) mass is 561 g/mol. The van der Waals surface area contributed by atoms with Crippen molar-refractivity contribution in [3.63, 3.8) is 0 Å². The third-order valence-corrected chi connectivity index (χ3v) is 7.91. The lowest BCUT2D eigenvalue weighted by Crippen LogP contribution is -2.33. The maximum atomic E-state index is 14.3. The Morgan fingerprint density at radius 1 is 0.737 bits per heavy atom. The van der Waals surface area contributed by atoms with Crippen molar-refractivity contribution < 1.29 is 4.39 Å². The summed E-state index contributed by atoms with van der Waals surface area (Å²) in [5, 5.41) is 8.41. The molecule has 186 valence electrons. The molecule has 0 atom stereocenters. The van der Waals surface area contributed by atoms with Gasteiger partial charge in [0.2, 0.25) is 0 Å². The number of nitrogens with zero attached hydrogens (tertiary/aromatic N) is 1. The normalized spacial score (nSPS) is 11.6. The number of anilines is 1. The van der Waals surface area contributed by atoms with Crippen LogP contribution in [0.3, 0.4) is 0 Å². The molecule has 5 heteroatoms. The molecule has 0 radical (unpaired) electrons. The van der Waals surface area contributed by atoms with Gasteiger partial charge in [-0.3, -0.25) is 5.10 Å². The van der Waals surface area contributed by atoms with Gasteiger partial charge in [-0.15, -0.1) is 0 Å². The van der Waals surface area contributed by atoms with Crippen LogP contribution in [0, 0.1) is 5.82 Å². The van der Waals surface area contributed by atoms with E-state index in [1.54, 1.807) is 12.1 Å². The third-order valence-electron chi connectivity index (χ3n) is 7.20. The van der Waals surface area contributed by atoms with Gasteiger partial charge >= 0.3 is 0 Å². The number of hydrogen-bond donors (Lipinski definition) is 2. The van der Waals surface area contributed by atoms with Gasteiger partial charge in [-0.1, -0.05) is 119 Å². The fourth-order valence-electron chi connectivity index (χ4n) is 5.66. The molecule has 5 aromatic carbocycles. The van der Waals surface area contributed by atoms with Crippen molar-refractivity contribution in [2.75, 3.05) is 5.73 Å². The molecule has 0 aliphatic heterocycles. The molecule has 0 fully saturated rings. The lowest BCUT2D eigenvalue weighted by molar-refractivity contribution is 0.626. The second-order valence-corrected chi connectivity index (χ2v) is 10.3. The number of rotatable bonds is 6. The van der Waals surface area contributed by atoms with E-state index < -0.39 is 5.41 Å². The van der Waals surface area contributed by atoms with Gasteiger partial charge in [-0.05, 0) is 58.0 Å². The predicted molar refractivity (Wildman–Crippen MR) is 156 cm³/mol. The minimum atomic E-state index is -0.744. The van der Waals surface area contributed by atoms with Gasteiger partial charge in [0.15, 0.2) is 5.82 Å². The van der Waals surface area contributed by atoms with E-state index in [0.717, 1.165) is 48.8 Å². The van der Waals surface area contributed by atoms with E-state index in [2.05, 4.69) is 98.9 Å². The van der Waals surface area contributed by atoms with Crippen molar-refractivity contribution in [2.24, 2.45) is 0 Å². The Bertz CT molecular complexity index is 1620. The number of nitrogens with one attached hydrogen (secondary N) is 1. The number of aromatic nitrogens is 2. The quantitative estimate of drug-likeness (QED) is 0.202. The number of hydrogen-bond acceptors (Lipinski definition) is 2. The van der Waals surface area contributed by atoms with Crippen LogP contribution in [0.4, 0.5) is 10.2 Å². The van der Waals surface area contributed by atoms with Crippen molar-refractivity contribution in [1.82, 2.24) is 10.2 Å². The highest BCUT2D eigenvalue weighted by Crippen LogP contribution is 2.51. The van der Waals surface area contributed by atoms with E-state index >= 15 is 0 Å². The van der Waals surface area contributed by atoms with Crippen molar-refractivity contribution >= 4 is 32.7 Å². The van der Waals surface area contributed by atoms with E-state index in [1.165, 1.54) is 6.07 Å². The molecule has 0 amide bonds. The van der Waals surface area contributed by atoms with Gasteiger partial charge in [0.25, 0.3) is 0 Å². The van der Waals surface area contributed by atoms with Crippen LogP contribution in [0.2, 0.25) is 0 Å². The Morgan fingerprint density at radius 3 is 1.82 bits per heavy atom. The van der Waals surface area contributed by atoms with E-state index in [1.807, 2.05) is 30.3 Å². The van der Waals surface area contributed by atoms with Gasteiger partial charge in [0, 0.05) is 9.86 Å². The fourth-order valence-corrected chi connectivity index (χ4v) is 6.22. The second-order valence-electron chi connectivity index (χ2n) is 9.40. The molecule has 0 saturated heterocycles. The molecule has 3 N–H and O–H groups in total. The smallest absolute Gasteiger partial charge is 0.153 e. The Hall–Kier alpha value is -4.22. The summed E-state index contributed by atoms with van der Waals surface area (Å²) in [6, 6.07) is 40.2.